The van der Waals surface area contributed by atoms with Gasteiger partial charge in [0.2, 0.25) is 0 Å². The molecule has 6 heteroatoms. The van der Waals surface area contributed by atoms with Gasteiger partial charge in [-0.2, -0.15) is 0 Å². The van der Waals surface area contributed by atoms with Gasteiger partial charge in [-0.3, -0.25) is 14.4 Å². The average molecular weight is 736 g/mol. The van der Waals surface area contributed by atoms with Crippen molar-refractivity contribution < 1.29 is 23.9 Å². The van der Waals surface area contributed by atoms with Crippen molar-refractivity contribution in [3.8, 4) is 0 Å². The smallest absolute Gasteiger partial charge is 0.306 e. The van der Waals surface area contributed by atoms with Crippen LogP contribution in [0.15, 0.2) is 0 Å². The van der Waals surface area contributed by atoms with E-state index in [-0.39, 0.29) is 23.8 Å². The van der Waals surface area contributed by atoms with Crippen LogP contribution in [0.3, 0.4) is 0 Å². The summed E-state index contributed by atoms with van der Waals surface area (Å²) in [5.74, 6) is 0.237. The standard InChI is InChI=1S/C46H89NO5/c1-5-8-11-14-17-26-33-42-51-45(49)36-29-22-18-24-31-39-47(41-38-43(4)48)40-32-25-19-23-30-37-46(50)52-44(34-27-20-15-12-9-6-2)35-28-21-16-13-10-7-3/h44H,5-42H2,1-4H3. The Morgan fingerprint density at radius 1 is 0.423 bits per heavy atom. The highest BCUT2D eigenvalue weighted by Crippen LogP contribution is 2.18. The van der Waals surface area contributed by atoms with Crippen LogP contribution in [0.25, 0.3) is 0 Å². The fraction of sp³-hybridized carbons (Fsp3) is 0.935. The number of Topliss-reactive ketones (excluding diaryl/α,β-unsaturated/α-hetero) is 1. The Morgan fingerprint density at radius 3 is 1.27 bits per heavy atom. The van der Waals surface area contributed by atoms with E-state index in [1.54, 1.807) is 6.92 Å². The second kappa shape index (κ2) is 40.7. The lowest BCUT2D eigenvalue weighted by Crippen LogP contribution is -2.28. The largest absolute Gasteiger partial charge is 0.466 e. The van der Waals surface area contributed by atoms with Gasteiger partial charge in [-0.15, -0.1) is 0 Å². The molecule has 0 fully saturated rings. The third kappa shape index (κ3) is 38.3. The van der Waals surface area contributed by atoms with Gasteiger partial charge in [0.05, 0.1) is 6.61 Å². The molecule has 0 aliphatic carbocycles. The predicted octanol–water partition coefficient (Wildman–Crippen LogP) is 13.7. The molecular formula is C46H89NO5. The minimum Gasteiger partial charge on any atom is -0.466 e. The maximum absolute atomic E-state index is 12.7. The van der Waals surface area contributed by atoms with E-state index in [0.29, 0.717) is 25.9 Å². The van der Waals surface area contributed by atoms with E-state index >= 15 is 0 Å². The first kappa shape index (κ1) is 50.6. The van der Waals surface area contributed by atoms with Crippen LogP contribution in [0.1, 0.15) is 246 Å². The zero-order valence-electron chi connectivity index (χ0n) is 35.4. The van der Waals surface area contributed by atoms with E-state index in [1.807, 2.05) is 0 Å². The molecule has 0 aliphatic rings. The van der Waals surface area contributed by atoms with Gasteiger partial charge in [0.25, 0.3) is 0 Å². The highest BCUT2D eigenvalue weighted by Gasteiger charge is 2.14. The van der Waals surface area contributed by atoms with Gasteiger partial charge in [-0.1, -0.05) is 162 Å². The number of hydrogen-bond acceptors (Lipinski definition) is 6. The molecule has 0 rings (SSSR count). The van der Waals surface area contributed by atoms with Crippen molar-refractivity contribution >= 4 is 17.7 Å². The van der Waals surface area contributed by atoms with Gasteiger partial charge in [-0.05, 0) is 77.8 Å². The SMILES string of the molecule is CCCCCCCCCOC(=O)CCCCCCCN(CCCCCCCC(=O)OC(CCCCCCCC)CCCCCCCC)CCC(C)=O. The predicted molar refractivity (Wildman–Crippen MR) is 222 cm³/mol. The third-order valence-electron chi connectivity index (χ3n) is 10.6. The van der Waals surface area contributed by atoms with Crippen molar-refractivity contribution in [2.75, 3.05) is 26.2 Å². The van der Waals surface area contributed by atoms with Crippen molar-refractivity contribution in [2.24, 2.45) is 0 Å². The van der Waals surface area contributed by atoms with Crippen LogP contribution in [0, 0.1) is 0 Å². The highest BCUT2D eigenvalue weighted by atomic mass is 16.5. The van der Waals surface area contributed by atoms with Crippen molar-refractivity contribution in [1.29, 1.82) is 0 Å². The van der Waals surface area contributed by atoms with E-state index in [4.69, 9.17) is 9.47 Å². The summed E-state index contributed by atoms with van der Waals surface area (Å²) in [6, 6.07) is 0. The maximum atomic E-state index is 12.7. The van der Waals surface area contributed by atoms with E-state index in [0.717, 1.165) is 96.7 Å². The van der Waals surface area contributed by atoms with Gasteiger partial charge in [0, 0.05) is 25.8 Å². The molecule has 52 heavy (non-hydrogen) atoms. The summed E-state index contributed by atoms with van der Waals surface area (Å²) in [5.41, 5.74) is 0. The number of nitrogens with zero attached hydrogens (tertiary/aromatic N) is 1. The van der Waals surface area contributed by atoms with Crippen LogP contribution >= 0.6 is 0 Å². The van der Waals surface area contributed by atoms with Gasteiger partial charge < -0.3 is 14.4 Å². The molecule has 0 aromatic heterocycles. The zero-order chi connectivity index (χ0) is 38.2. The molecule has 0 saturated heterocycles. The zero-order valence-corrected chi connectivity index (χ0v) is 35.4. The van der Waals surface area contributed by atoms with E-state index in [2.05, 4.69) is 25.7 Å². The molecule has 0 N–H and O–H groups in total. The fourth-order valence-corrected chi connectivity index (χ4v) is 7.05. The summed E-state index contributed by atoms with van der Waals surface area (Å²) in [6.07, 6.45) is 38.8. The minimum absolute atomic E-state index is 0.0103. The van der Waals surface area contributed by atoms with Gasteiger partial charge in [-0.25, -0.2) is 0 Å². The van der Waals surface area contributed by atoms with Gasteiger partial charge in [0.15, 0.2) is 0 Å². The number of unbranched alkanes of at least 4 members (excludes halogenated alkanes) is 24. The molecule has 0 atom stereocenters. The van der Waals surface area contributed by atoms with Crippen LogP contribution in [0.4, 0.5) is 0 Å². The lowest BCUT2D eigenvalue weighted by molar-refractivity contribution is -0.150. The Hall–Kier alpha value is -1.43. The van der Waals surface area contributed by atoms with Gasteiger partial charge in [0.1, 0.15) is 11.9 Å². The Bertz CT molecular complexity index is 771. The molecule has 0 heterocycles. The monoisotopic (exact) mass is 736 g/mol. The summed E-state index contributed by atoms with van der Waals surface area (Å²) in [6.45, 7) is 12.0. The molecule has 0 amide bonds. The Labute approximate surface area is 324 Å². The van der Waals surface area contributed by atoms with Crippen LogP contribution < -0.4 is 0 Å². The first-order valence-corrected chi connectivity index (χ1v) is 23.0. The molecule has 0 unspecified atom stereocenters. The Morgan fingerprint density at radius 2 is 0.808 bits per heavy atom. The molecule has 0 bridgehead atoms. The molecule has 0 aromatic rings. The number of esters is 2. The molecule has 0 aromatic carbocycles. The normalized spacial score (nSPS) is 11.5. The van der Waals surface area contributed by atoms with Crippen LogP contribution in [-0.2, 0) is 23.9 Å². The topological polar surface area (TPSA) is 72.9 Å². The van der Waals surface area contributed by atoms with Crippen molar-refractivity contribution in [3.05, 3.63) is 0 Å². The average Bonchev–Trinajstić information content (AvgIpc) is 3.13. The van der Waals surface area contributed by atoms with Crippen molar-refractivity contribution in [2.45, 2.75) is 252 Å². The van der Waals surface area contributed by atoms with E-state index < -0.39 is 0 Å². The molecule has 0 aliphatic heterocycles. The summed E-state index contributed by atoms with van der Waals surface area (Å²) >= 11 is 0. The molecule has 0 spiro atoms. The summed E-state index contributed by atoms with van der Waals surface area (Å²) in [7, 11) is 0. The molecule has 6 nitrogen and oxygen atoms in total. The number of carbonyl (C=O) groups is 3. The Balaban J connectivity index is 4.11. The Kier molecular flexibility index (Phi) is 39.6. The maximum Gasteiger partial charge on any atom is 0.306 e. The number of ether oxygens (including phenoxy) is 2. The van der Waals surface area contributed by atoms with Crippen molar-refractivity contribution in [1.82, 2.24) is 4.90 Å². The lowest BCUT2D eigenvalue weighted by atomic mass is 10.0. The van der Waals surface area contributed by atoms with Crippen LogP contribution in [0.5, 0.6) is 0 Å². The number of rotatable bonds is 42. The summed E-state index contributed by atoms with van der Waals surface area (Å²) < 4.78 is 11.5. The molecule has 0 radical (unpaired) electrons. The molecule has 0 saturated carbocycles. The second-order valence-electron chi connectivity index (χ2n) is 15.9. The number of carbonyl (C=O) groups excluding carboxylic acids is 3. The summed E-state index contributed by atoms with van der Waals surface area (Å²) in [5, 5.41) is 0. The first-order valence-electron chi connectivity index (χ1n) is 23.0. The van der Waals surface area contributed by atoms with Crippen LogP contribution in [-0.4, -0.2) is 55.0 Å². The molecular weight excluding hydrogens is 647 g/mol. The highest BCUT2D eigenvalue weighted by molar-refractivity contribution is 5.75. The minimum atomic E-state index is -0.0347. The number of ketones is 1. The first-order chi connectivity index (χ1) is 25.4. The fourth-order valence-electron chi connectivity index (χ4n) is 7.05. The second-order valence-corrected chi connectivity index (χ2v) is 15.9. The molecule has 308 valence electrons. The van der Waals surface area contributed by atoms with Crippen LogP contribution in [0.2, 0.25) is 0 Å². The third-order valence-corrected chi connectivity index (χ3v) is 10.6. The van der Waals surface area contributed by atoms with Crippen molar-refractivity contribution in [3.63, 3.8) is 0 Å². The number of hydrogen-bond donors (Lipinski definition) is 0. The van der Waals surface area contributed by atoms with E-state index in [9.17, 15) is 14.4 Å². The van der Waals surface area contributed by atoms with Gasteiger partial charge >= 0.3 is 11.9 Å². The summed E-state index contributed by atoms with van der Waals surface area (Å²) in [4.78, 5) is 38.9. The quantitative estimate of drug-likeness (QED) is 0.0459. The van der Waals surface area contributed by atoms with E-state index in [1.165, 1.54) is 122 Å². The lowest BCUT2D eigenvalue weighted by Gasteiger charge is -2.22.